The van der Waals surface area contributed by atoms with Gasteiger partial charge < -0.3 is 11.1 Å². The van der Waals surface area contributed by atoms with Crippen molar-refractivity contribution in [3.63, 3.8) is 0 Å². The van der Waals surface area contributed by atoms with Crippen LogP contribution in [0.1, 0.15) is 42.5 Å². The van der Waals surface area contributed by atoms with Crippen LogP contribution in [-0.4, -0.2) is 17.5 Å². The lowest BCUT2D eigenvalue weighted by atomic mass is 10.2. The monoisotopic (exact) mass is 254 g/mol. The van der Waals surface area contributed by atoms with Crippen molar-refractivity contribution < 1.29 is 0 Å². The van der Waals surface area contributed by atoms with E-state index in [9.17, 15) is 0 Å². The second kappa shape index (κ2) is 8.06. The van der Waals surface area contributed by atoms with E-state index in [1.165, 1.54) is 24.1 Å². The molecule has 0 unspecified atom stereocenters. The van der Waals surface area contributed by atoms with Crippen molar-refractivity contribution in [2.75, 3.05) is 6.54 Å². The summed E-state index contributed by atoms with van der Waals surface area (Å²) >= 11 is 1.66. The maximum Gasteiger partial charge on any atom is 0.189 e. The molecule has 0 aliphatic heterocycles. The predicted molar refractivity (Wildman–Crippen MR) is 74.3 cm³/mol. The highest BCUT2D eigenvalue weighted by Gasteiger charge is 1.97. The van der Waals surface area contributed by atoms with Crippen LogP contribution in [0.5, 0.6) is 0 Å². The number of unbranched alkanes of at least 4 members (excludes halogenated alkanes) is 3. The highest BCUT2D eigenvalue weighted by atomic mass is 32.1. The Kier molecular flexibility index (Phi) is 6.62. The van der Waals surface area contributed by atoms with E-state index in [2.05, 4.69) is 22.2 Å². The first-order valence-corrected chi connectivity index (χ1v) is 6.99. The number of guanidine groups is 1. The van der Waals surface area contributed by atoms with Gasteiger partial charge in [-0.2, -0.15) is 0 Å². The van der Waals surface area contributed by atoms with E-state index in [4.69, 9.17) is 5.73 Å². The maximum absolute atomic E-state index is 5.76. The third-order valence-corrected chi connectivity index (χ3v) is 3.29. The SMILES string of the molecule is CCCCCCNC(N)=NCc1ncc(C)s1. The minimum atomic E-state index is 0.523. The zero-order valence-electron chi connectivity index (χ0n) is 10.7. The molecule has 0 atom stereocenters. The Morgan fingerprint density at radius 3 is 2.94 bits per heavy atom. The van der Waals surface area contributed by atoms with Crippen LogP contribution >= 0.6 is 11.3 Å². The molecule has 1 heterocycles. The van der Waals surface area contributed by atoms with Gasteiger partial charge in [-0.25, -0.2) is 9.98 Å². The van der Waals surface area contributed by atoms with Crippen LogP contribution in [0.2, 0.25) is 0 Å². The third kappa shape index (κ3) is 6.26. The lowest BCUT2D eigenvalue weighted by molar-refractivity contribution is 0.652. The summed E-state index contributed by atoms with van der Waals surface area (Å²) < 4.78 is 0. The number of aromatic nitrogens is 1. The number of hydrogen-bond acceptors (Lipinski definition) is 3. The molecule has 0 spiro atoms. The third-order valence-electron chi connectivity index (χ3n) is 2.39. The number of aliphatic imine (C=N–C) groups is 1. The van der Waals surface area contributed by atoms with Gasteiger partial charge in [0.15, 0.2) is 5.96 Å². The van der Waals surface area contributed by atoms with Gasteiger partial charge in [0, 0.05) is 17.6 Å². The Hall–Kier alpha value is -1.10. The van der Waals surface area contributed by atoms with E-state index in [0.717, 1.165) is 18.0 Å². The molecule has 1 aromatic rings. The first-order valence-electron chi connectivity index (χ1n) is 6.17. The molecule has 5 heteroatoms. The Morgan fingerprint density at radius 2 is 2.29 bits per heavy atom. The van der Waals surface area contributed by atoms with Crippen LogP contribution in [0, 0.1) is 6.92 Å². The largest absolute Gasteiger partial charge is 0.370 e. The quantitative estimate of drug-likeness (QED) is 0.446. The van der Waals surface area contributed by atoms with E-state index >= 15 is 0 Å². The summed E-state index contributed by atoms with van der Waals surface area (Å²) in [5.41, 5.74) is 5.76. The summed E-state index contributed by atoms with van der Waals surface area (Å²) in [5.74, 6) is 0.523. The average Bonchev–Trinajstić information content (AvgIpc) is 2.72. The maximum atomic E-state index is 5.76. The molecule has 1 rings (SSSR count). The van der Waals surface area contributed by atoms with Crippen molar-refractivity contribution in [2.45, 2.75) is 46.1 Å². The molecule has 96 valence electrons. The fourth-order valence-electron chi connectivity index (χ4n) is 1.45. The molecule has 0 aromatic carbocycles. The average molecular weight is 254 g/mol. The molecule has 3 N–H and O–H groups in total. The summed E-state index contributed by atoms with van der Waals surface area (Å²) in [6, 6.07) is 0. The Balaban J connectivity index is 2.16. The smallest absolute Gasteiger partial charge is 0.189 e. The fourth-order valence-corrected chi connectivity index (χ4v) is 2.16. The topological polar surface area (TPSA) is 63.3 Å². The van der Waals surface area contributed by atoms with E-state index in [0.29, 0.717) is 12.5 Å². The molecule has 0 bridgehead atoms. The van der Waals surface area contributed by atoms with Gasteiger partial charge in [-0.15, -0.1) is 11.3 Å². The number of nitrogens with one attached hydrogen (secondary N) is 1. The molecule has 1 aromatic heterocycles. The van der Waals surface area contributed by atoms with Crippen molar-refractivity contribution in [3.8, 4) is 0 Å². The fraction of sp³-hybridized carbons (Fsp3) is 0.667. The van der Waals surface area contributed by atoms with Crippen LogP contribution in [0.15, 0.2) is 11.2 Å². The molecule has 17 heavy (non-hydrogen) atoms. The van der Waals surface area contributed by atoms with Crippen molar-refractivity contribution in [1.82, 2.24) is 10.3 Å². The number of aryl methyl sites for hydroxylation is 1. The number of nitrogens with zero attached hydrogens (tertiary/aromatic N) is 2. The summed E-state index contributed by atoms with van der Waals surface area (Å²) in [7, 11) is 0. The lowest BCUT2D eigenvalue weighted by Crippen LogP contribution is -2.32. The number of nitrogens with two attached hydrogens (primary N) is 1. The molecule has 0 aliphatic rings. The summed E-state index contributed by atoms with van der Waals surface area (Å²) in [6.07, 6.45) is 6.82. The van der Waals surface area contributed by atoms with Crippen LogP contribution in [0.3, 0.4) is 0 Å². The molecule has 0 saturated heterocycles. The van der Waals surface area contributed by atoms with E-state index in [-0.39, 0.29) is 0 Å². The first-order chi connectivity index (χ1) is 8.22. The number of thiazole rings is 1. The highest BCUT2D eigenvalue weighted by Crippen LogP contribution is 2.11. The van der Waals surface area contributed by atoms with Crippen molar-refractivity contribution in [2.24, 2.45) is 10.7 Å². The van der Waals surface area contributed by atoms with Gasteiger partial charge in [0.1, 0.15) is 5.01 Å². The Morgan fingerprint density at radius 1 is 1.47 bits per heavy atom. The zero-order valence-corrected chi connectivity index (χ0v) is 11.5. The molecule has 0 saturated carbocycles. The van der Waals surface area contributed by atoms with Crippen LogP contribution < -0.4 is 11.1 Å². The molecule has 0 fully saturated rings. The molecular formula is C12H22N4S. The molecule has 0 amide bonds. The van der Waals surface area contributed by atoms with Gasteiger partial charge in [-0.1, -0.05) is 26.2 Å². The second-order valence-corrected chi connectivity index (χ2v) is 5.37. The summed E-state index contributed by atoms with van der Waals surface area (Å²) in [6.45, 7) is 5.73. The number of rotatable bonds is 7. The van der Waals surface area contributed by atoms with Crippen LogP contribution in [0.25, 0.3) is 0 Å². The highest BCUT2D eigenvalue weighted by molar-refractivity contribution is 7.11. The minimum Gasteiger partial charge on any atom is -0.370 e. The summed E-state index contributed by atoms with van der Waals surface area (Å²) in [4.78, 5) is 9.70. The Bertz CT molecular complexity index is 346. The zero-order chi connectivity index (χ0) is 12.5. The predicted octanol–water partition coefficient (Wildman–Crippen LogP) is 2.44. The van der Waals surface area contributed by atoms with E-state index in [1.807, 2.05) is 13.1 Å². The second-order valence-electron chi connectivity index (χ2n) is 4.05. The molecule has 0 aliphatic carbocycles. The molecule has 4 nitrogen and oxygen atoms in total. The van der Waals surface area contributed by atoms with Crippen molar-refractivity contribution >= 4 is 17.3 Å². The lowest BCUT2D eigenvalue weighted by Gasteiger charge is -2.04. The van der Waals surface area contributed by atoms with Crippen molar-refractivity contribution in [1.29, 1.82) is 0 Å². The standard InChI is InChI=1S/C12H22N4S/c1-3-4-5-6-7-14-12(13)16-9-11-15-8-10(2)17-11/h8H,3-7,9H2,1-2H3,(H3,13,14,16). The molecule has 0 radical (unpaired) electrons. The van der Waals surface area contributed by atoms with E-state index in [1.54, 1.807) is 11.3 Å². The van der Waals surface area contributed by atoms with Gasteiger partial charge in [0.25, 0.3) is 0 Å². The minimum absolute atomic E-state index is 0.523. The van der Waals surface area contributed by atoms with Crippen LogP contribution in [0.4, 0.5) is 0 Å². The van der Waals surface area contributed by atoms with Gasteiger partial charge in [0.05, 0.1) is 6.54 Å². The van der Waals surface area contributed by atoms with E-state index < -0.39 is 0 Å². The molecular weight excluding hydrogens is 232 g/mol. The number of hydrogen-bond donors (Lipinski definition) is 2. The summed E-state index contributed by atoms with van der Waals surface area (Å²) in [5, 5.41) is 4.14. The van der Waals surface area contributed by atoms with Gasteiger partial charge in [-0.05, 0) is 13.3 Å². The van der Waals surface area contributed by atoms with Gasteiger partial charge in [-0.3, -0.25) is 0 Å². The van der Waals surface area contributed by atoms with Gasteiger partial charge in [0.2, 0.25) is 0 Å². The van der Waals surface area contributed by atoms with Gasteiger partial charge >= 0.3 is 0 Å². The first kappa shape index (κ1) is 14.0. The Labute approximate surface area is 107 Å². The van der Waals surface area contributed by atoms with Crippen molar-refractivity contribution in [3.05, 3.63) is 16.1 Å². The normalized spacial score (nSPS) is 11.8. The van der Waals surface area contributed by atoms with Crippen LogP contribution in [-0.2, 0) is 6.54 Å².